The fourth-order valence-corrected chi connectivity index (χ4v) is 1.54. The predicted molar refractivity (Wildman–Crippen MR) is 55.2 cm³/mol. The van der Waals surface area contributed by atoms with E-state index in [0.29, 0.717) is 18.5 Å². The summed E-state index contributed by atoms with van der Waals surface area (Å²) in [5.74, 6) is 0.598. The quantitative estimate of drug-likeness (QED) is 0.424. The molecule has 0 aromatic heterocycles. The molecule has 0 bridgehead atoms. The van der Waals surface area contributed by atoms with Crippen molar-refractivity contribution in [1.82, 2.24) is 0 Å². The Kier molecular flexibility index (Phi) is 2.63. The van der Waals surface area contributed by atoms with Gasteiger partial charge < -0.3 is 4.74 Å². The van der Waals surface area contributed by atoms with Gasteiger partial charge in [0.1, 0.15) is 12.0 Å². The second-order valence-electron chi connectivity index (χ2n) is 3.28. The minimum Gasteiger partial charge on any atom is -0.493 e. The second-order valence-corrected chi connectivity index (χ2v) is 3.28. The molecule has 76 valence electrons. The molecular formula is C12H10O3. The van der Waals surface area contributed by atoms with Crippen LogP contribution in [0.2, 0.25) is 0 Å². The third kappa shape index (κ3) is 1.96. The first-order valence-electron chi connectivity index (χ1n) is 4.73. The summed E-state index contributed by atoms with van der Waals surface area (Å²) in [6.45, 7) is 0.678. The fourth-order valence-electron chi connectivity index (χ4n) is 1.54. The van der Waals surface area contributed by atoms with Crippen LogP contribution in [0.4, 0.5) is 0 Å². The molecule has 0 radical (unpaired) electrons. The molecular weight excluding hydrogens is 192 g/mol. The summed E-state index contributed by atoms with van der Waals surface area (Å²) in [7, 11) is 0. The van der Waals surface area contributed by atoms with Gasteiger partial charge in [0.25, 0.3) is 0 Å². The maximum atomic E-state index is 11.5. The van der Waals surface area contributed by atoms with E-state index in [1.54, 1.807) is 12.1 Å². The number of aldehydes is 1. The van der Waals surface area contributed by atoms with Crippen molar-refractivity contribution in [2.45, 2.75) is 6.42 Å². The zero-order valence-corrected chi connectivity index (χ0v) is 8.10. The lowest BCUT2D eigenvalue weighted by Crippen LogP contribution is -1.95. The maximum Gasteiger partial charge on any atom is 0.186 e. The van der Waals surface area contributed by atoms with Crippen LogP contribution in [0.15, 0.2) is 30.4 Å². The second kappa shape index (κ2) is 4.09. The van der Waals surface area contributed by atoms with Gasteiger partial charge in [0.2, 0.25) is 0 Å². The zero-order valence-electron chi connectivity index (χ0n) is 8.10. The molecule has 0 amide bonds. The Bertz CT molecular complexity index is 432. The van der Waals surface area contributed by atoms with Crippen LogP contribution < -0.4 is 4.74 Å². The van der Waals surface area contributed by atoms with E-state index in [9.17, 15) is 9.59 Å². The van der Waals surface area contributed by atoms with Gasteiger partial charge >= 0.3 is 0 Å². The van der Waals surface area contributed by atoms with Crippen molar-refractivity contribution in [3.8, 4) is 5.75 Å². The Hall–Kier alpha value is -1.90. The number of ketones is 1. The average Bonchev–Trinajstić information content (AvgIpc) is 2.72. The minimum atomic E-state index is -0.180. The van der Waals surface area contributed by atoms with E-state index in [0.717, 1.165) is 17.7 Å². The molecule has 1 aromatic rings. The van der Waals surface area contributed by atoms with E-state index in [4.69, 9.17) is 4.74 Å². The van der Waals surface area contributed by atoms with Crippen molar-refractivity contribution in [3.63, 3.8) is 0 Å². The van der Waals surface area contributed by atoms with Crippen LogP contribution >= 0.6 is 0 Å². The lowest BCUT2D eigenvalue weighted by Gasteiger charge is -2.00. The van der Waals surface area contributed by atoms with Crippen molar-refractivity contribution in [2.24, 2.45) is 0 Å². The molecule has 0 atom stereocenters. The number of allylic oxidation sites excluding steroid dienone is 2. The number of hydrogen-bond donors (Lipinski definition) is 0. The highest BCUT2D eigenvalue weighted by atomic mass is 16.5. The van der Waals surface area contributed by atoms with Gasteiger partial charge in [-0.2, -0.15) is 0 Å². The normalized spacial score (nSPS) is 13.6. The SMILES string of the molecule is O=C/C=C/C(=O)c1ccc2c(c1)OCC2. The standard InChI is InChI=1S/C12H10O3/c13-6-1-2-11(14)10-4-3-9-5-7-15-12(9)8-10/h1-4,6,8H,5,7H2/b2-1+. The van der Waals surface area contributed by atoms with Crippen molar-refractivity contribution in [3.05, 3.63) is 41.5 Å². The van der Waals surface area contributed by atoms with Crippen molar-refractivity contribution >= 4 is 12.1 Å². The van der Waals surface area contributed by atoms with Crippen LogP contribution in [0.25, 0.3) is 0 Å². The minimum absolute atomic E-state index is 0.180. The van der Waals surface area contributed by atoms with E-state index in [1.807, 2.05) is 6.07 Å². The molecule has 1 aromatic carbocycles. The molecule has 3 nitrogen and oxygen atoms in total. The highest BCUT2D eigenvalue weighted by molar-refractivity contribution is 6.06. The molecule has 1 aliphatic rings. The van der Waals surface area contributed by atoms with Crippen LogP contribution in [0.5, 0.6) is 5.75 Å². The molecule has 0 fully saturated rings. The topological polar surface area (TPSA) is 43.4 Å². The molecule has 0 spiro atoms. The molecule has 1 heterocycles. The summed E-state index contributed by atoms with van der Waals surface area (Å²) in [5.41, 5.74) is 1.68. The Balaban J connectivity index is 2.26. The molecule has 15 heavy (non-hydrogen) atoms. The summed E-state index contributed by atoms with van der Waals surface area (Å²) in [4.78, 5) is 21.6. The molecule has 1 aliphatic heterocycles. The number of carbonyl (C=O) groups is 2. The Morgan fingerprint density at radius 2 is 2.27 bits per heavy atom. The van der Waals surface area contributed by atoms with Gasteiger partial charge in [0, 0.05) is 12.0 Å². The van der Waals surface area contributed by atoms with Gasteiger partial charge in [0.15, 0.2) is 5.78 Å². The molecule has 0 N–H and O–H groups in total. The van der Waals surface area contributed by atoms with Crippen LogP contribution in [-0.2, 0) is 11.2 Å². The third-order valence-electron chi connectivity index (χ3n) is 2.31. The number of benzene rings is 1. The molecule has 0 unspecified atom stereocenters. The molecule has 0 saturated heterocycles. The highest BCUT2D eigenvalue weighted by Crippen LogP contribution is 2.26. The fraction of sp³-hybridized carbons (Fsp3) is 0.167. The Morgan fingerprint density at radius 3 is 3.07 bits per heavy atom. The number of hydrogen-bond acceptors (Lipinski definition) is 3. The van der Waals surface area contributed by atoms with Gasteiger partial charge in [-0.25, -0.2) is 0 Å². The highest BCUT2D eigenvalue weighted by Gasteiger charge is 2.13. The lowest BCUT2D eigenvalue weighted by molar-refractivity contribution is -0.104. The summed E-state index contributed by atoms with van der Waals surface area (Å²) in [6, 6.07) is 5.37. The van der Waals surface area contributed by atoms with E-state index in [1.165, 1.54) is 12.2 Å². The van der Waals surface area contributed by atoms with E-state index in [2.05, 4.69) is 0 Å². The van der Waals surface area contributed by atoms with Crippen LogP contribution in [-0.4, -0.2) is 18.7 Å². The summed E-state index contributed by atoms with van der Waals surface area (Å²) >= 11 is 0. The summed E-state index contributed by atoms with van der Waals surface area (Å²) in [6.07, 6.45) is 3.93. The van der Waals surface area contributed by atoms with Gasteiger partial charge in [-0.15, -0.1) is 0 Å². The first kappa shape index (κ1) is 9.65. The van der Waals surface area contributed by atoms with E-state index >= 15 is 0 Å². The first-order valence-corrected chi connectivity index (χ1v) is 4.73. The van der Waals surface area contributed by atoms with Gasteiger partial charge in [-0.05, 0) is 23.8 Å². The Labute approximate surface area is 87.4 Å². The first-order chi connectivity index (χ1) is 7.31. The van der Waals surface area contributed by atoms with Crippen molar-refractivity contribution < 1.29 is 14.3 Å². The predicted octanol–water partition coefficient (Wildman–Crippen LogP) is 1.56. The number of ether oxygens (including phenoxy) is 1. The molecule has 2 rings (SSSR count). The summed E-state index contributed by atoms with van der Waals surface area (Å²) < 4.78 is 5.35. The molecule has 0 saturated carbocycles. The van der Waals surface area contributed by atoms with Crippen LogP contribution in [0.3, 0.4) is 0 Å². The Morgan fingerprint density at radius 1 is 1.40 bits per heavy atom. The van der Waals surface area contributed by atoms with E-state index in [-0.39, 0.29) is 5.78 Å². The monoisotopic (exact) mass is 202 g/mol. The van der Waals surface area contributed by atoms with Crippen molar-refractivity contribution in [1.29, 1.82) is 0 Å². The largest absolute Gasteiger partial charge is 0.493 e. The van der Waals surface area contributed by atoms with Gasteiger partial charge in [0.05, 0.1) is 6.61 Å². The number of fused-ring (bicyclic) bond motifs is 1. The zero-order chi connectivity index (χ0) is 10.7. The van der Waals surface area contributed by atoms with Gasteiger partial charge in [-0.3, -0.25) is 9.59 Å². The molecule has 3 heteroatoms. The number of rotatable bonds is 3. The van der Waals surface area contributed by atoms with Gasteiger partial charge in [-0.1, -0.05) is 12.1 Å². The average molecular weight is 202 g/mol. The van der Waals surface area contributed by atoms with E-state index < -0.39 is 0 Å². The van der Waals surface area contributed by atoms with Crippen molar-refractivity contribution in [2.75, 3.05) is 6.61 Å². The van der Waals surface area contributed by atoms with Crippen LogP contribution in [0.1, 0.15) is 15.9 Å². The summed E-state index contributed by atoms with van der Waals surface area (Å²) in [5, 5.41) is 0. The third-order valence-corrected chi connectivity index (χ3v) is 2.31. The number of carbonyl (C=O) groups excluding carboxylic acids is 2. The maximum absolute atomic E-state index is 11.5. The molecule has 0 aliphatic carbocycles. The lowest BCUT2D eigenvalue weighted by atomic mass is 10.1. The van der Waals surface area contributed by atoms with Crippen LogP contribution in [0, 0.1) is 0 Å². The smallest absolute Gasteiger partial charge is 0.186 e.